The average Bonchev–Trinajstić information content (AvgIpc) is 2.20. The third-order valence-electron chi connectivity index (χ3n) is 1.87. The zero-order chi connectivity index (χ0) is 10.6. The van der Waals surface area contributed by atoms with Gasteiger partial charge in [0.2, 0.25) is 0 Å². The summed E-state index contributed by atoms with van der Waals surface area (Å²) in [5.74, 6) is -0.211. The minimum Gasteiger partial charge on any atom is -0.493 e. The maximum atomic E-state index is 13.4. The Morgan fingerprint density at radius 1 is 1.57 bits per heavy atom. The van der Waals surface area contributed by atoms with Crippen LogP contribution in [0.3, 0.4) is 0 Å². The van der Waals surface area contributed by atoms with Gasteiger partial charge in [0, 0.05) is 6.42 Å². The Kier molecular flexibility index (Phi) is 4.07. The van der Waals surface area contributed by atoms with Crippen LogP contribution in [0, 0.1) is 5.82 Å². The van der Waals surface area contributed by atoms with Crippen molar-refractivity contribution in [3.63, 3.8) is 0 Å². The number of hydrogen-bond donors (Lipinski definition) is 0. The van der Waals surface area contributed by atoms with Crippen LogP contribution in [0.1, 0.15) is 12.0 Å². The highest BCUT2D eigenvalue weighted by Crippen LogP contribution is 2.29. The molecule has 0 bridgehead atoms. The van der Waals surface area contributed by atoms with Crippen molar-refractivity contribution in [2.75, 3.05) is 7.11 Å². The van der Waals surface area contributed by atoms with Gasteiger partial charge >= 0.3 is 0 Å². The van der Waals surface area contributed by atoms with E-state index >= 15 is 0 Å². The Morgan fingerprint density at radius 2 is 2.29 bits per heavy atom. The van der Waals surface area contributed by atoms with E-state index in [9.17, 15) is 9.18 Å². The van der Waals surface area contributed by atoms with E-state index in [2.05, 4.69) is 15.9 Å². The molecule has 0 atom stereocenters. The zero-order valence-electron chi connectivity index (χ0n) is 7.72. The molecule has 1 aromatic rings. The Labute approximate surface area is 90.2 Å². The van der Waals surface area contributed by atoms with E-state index in [1.165, 1.54) is 7.11 Å². The van der Waals surface area contributed by atoms with Gasteiger partial charge in [-0.2, -0.15) is 0 Å². The van der Waals surface area contributed by atoms with Crippen LogP contribution in [-0.4, -0.2) is 13.4 Å². The first-order valence-corrected chi connectivity index (χ1v) is 4.94. The second-order valence-electron chi connectivity index (χ2n) is 2.76. The zero-order valence-corrected chi connectivity index (χ0v) is 9.30. The molecule has 2 nitrogen and oxygen atoms in total. The largest absolute Gasteiger partial charge is 0.493 e. The van der Waals surface area contributed by atoms with Gasteiger partial charge in [-0.1, -0.05) is 6.07 Å². The van der Waals surface area contributed by atoms with E-state index in [-0.39, 0.29) is 5.75 Å². The molecule has 0 aliphatic heterocycles. The van der Waals surface area contributed by atoms with E-state index < -0.39 is 5.82 Å². The van der Waals surface area contributed by atoms with Gasteiger partial charge in [-0.25, -0.2) is 4.39 Å². The molecule has 0 aliphatic carbocycles. The number of hydrogen-bond acceptors (Lipinski definition) is 2. The molecule has 0 N–H and O–H groups in total. The first kappa shape index (κ1) is 11.2. The molecule has 0 saturated heterocycles. The molecular weight excluding hydrogens is 251 g/mol. The van der Waals surface area contributed by atoms with Crippen LogP contribution in [0.25, 0.3) is 0 Å². The predicted octanol–water partition coefficient (Wildman–Crippen LogP) is 2.73. The Bertz CT molecular complexity index is 339. The fraction of sp³-hybridized carbons (Fsp3) is 0.300. The molecule has 0 heterocycles. The Balaban J connectivity index is 3.03. The second kappa shape index (κ2) is 5.10. The monoisotopic (exact) mass is 260 g/mol. The van der Waals surface area contributed by atoms with Crippen molar-refractivity contribution in [1.82, 2.24) is 0 Å². The number of aldehydes is 1. The van der Waals surface area contributed by atoms with Gasteiger partial charge in [-0.3, -0.25) is 0 Å². The van der Waals surface area contributed by atoms with Gasteiger partial charge in [-0.05, 0) is 34.0 Å². The molecule has 76 valence electrons. The lowest BCUT2D eigenvalue weighted by Crippen LogP contribution is -1.96. The smallest absolute Gasteiger partial charge is 0.179 e. The SMILES string of the molecule is COc1c(CCC=O)ccc(Br)c1F. The molecule has 0 aliphatic rings. The summed E-state index contributed by atoms with van der Waals surface area (Å²) in [6.07, 6.45) is 1.67. The van der Waals surface area contributed by atoms with Crippen molar-refractivity contribution in [3.05, 3.63) is 28.0 Å². The first-order valence-electron chi connectivity index (χ1n) is 4.15. The standard InChI is InChI=1S/C10H10BrFO2/c1-14-10-7(3-2-6-13)4-5-8(11)9(10)12/h4-6H,2-3H2,1H3. The van der Waals surface area contributed by atoms with E-state index in [0.717, 1.165) is 6.29 Å². The normalized spacial score (nSPS) is 9.93. The fourth-order valence-electron chi connectivity index (χ4n) is 1.20. The van der Waals surface area contributed by atoms with E-state index in [1.54, 1.807) is 12.1 Å². The third kappa shape index (κ3) is 2.32. The number of rotatable bonds is 4. The lowest BCUT2D eigenvalue weighted by atomic mass is 10.1. The number of ether oxygens (including phenoxy) is 1. The van der Waals surface area contributed by atoms with Gasteiger partial charge in [0.25, 0.3) is 0 Å². The predicted molar refractivity (Wildman–Crippen MR) is 55.0 cm³/mol. The summed E-state index contributed by atoms with van der Waals surface area (Å²) < 4.78 is 18.7. The van der Waals surface area contributed by atoms with E-state index in [1.807, 2.05) is 0 Å². The van der Waals surface area contributed by atoms with Crippen LogP contribution < -0.4 is 4.74 Å². The molecule has 1 rings (SSSR count). The van der Waals surface area contributed by atoms with Crippen LogP contribution in [0.15, 0.2) is 16.6 Å². The number of aryl methyl sites for hydroxylation is 1. The summed E-state index contributed by atoms with van der Waals surface area (Å²) in [7, 11) is 1.41. The molecule has 0 fully saturated rings. The molecule has 14 heavy (non-hydrogen) atoms. The summed E-state index contributed by atoms with van der Waals surface area (Å²) in [5, 5.41) is 0. The lowest BCUT2D eigenvalue weighted by molar-refractivity contribution is -0.107. The summed E-state index contributed by atoms with van der Waals surface area (Å²) in [4.78, 5) is 10.2. The van der Waals surface area contributed by atoms with E-state index in [0.29, 0.717) is 22.9 Å². The van der Waals surface area contributed by atoms with Gasteiger partial charge in [0.15, 0.2) is 11.6 Å². The molecule has 0 spiro atoms. The Hall–Kier alpha value is -0.900. The van der Waals surface area contributed by atoms with Gasteiger partial charge < -0.3 is 9.53 Å². The highest BCUT2D eigenvalue weighted by molar-refractivity contribution is 9.10. The minimum absolute atomic E-state index is 0.209. The number of benzene rings is 1. The Morgan fingerprint density at radius 3 is 2.86 bits per heavy atom. The molecule has 0 amide bonds. The van der Waals surface area contributed by atoms with Crippen molar-refractivity contribution in [2.24, 2.45) is 0 Å². The molecule has 0 radical (unpaired) electrons. The van der Waals surface area contributed by atoms with Crippen molar-refractivity contribution < 1.29 is 13.9 Å². The maximum absolute atomic E-state index is 13.4. The summed E-state index contributed by atoms with van der Waals surface area (Å²) in [5.41, 5.74) is 0.709. The highest BCUT2D eigenvalue weighted by atomic mass is 79.9. The second-order valence-corrected chi connectivity index (χ2v) is 3.61. The topological polar surface area (TPSA) is 26.3 Å². The molecular formula is C10H10BrFO2. The lowest BCUT2D eigenvalue weighted by Gasteiger charge is -2.09. The van der Waals surface area contributed by atoms with Crippen molar-refractivity contribution in [1.29, 1.82) is 0 Å². The molecule has 4 heteroatoms. The number of halogens is 2. The number of carbonyl (C=O) groups is 1. The summed E-state index contributed by atoms with van der Waals surface area (Å²) >= 11 is 3.06. The fourth-order valence-corrected chi connectivity index (χ4v) is 1.52. The average molecular weight is 261 g/mol. The van der Waals surface area contributed by atoms with Gasteiger partial charge in [0.05, 0.1) is 11.6 Å². The van der Waals surface area contributed by atoms with Crippen molar-refractivity contribution in [3.8, 4) is 5.75 Å². The first-order chi connectivity index (χ1) is 6.70. The summed E-state index contributed by atoms with van der Waals surface area (Å²) in [6, 6.07) is 3.35. The van der Waals surface area contributed by atoms with Crippen LogP contribution in [0.4, 0.5) is 4.39 Å². The van der Waals surface area contributed by atoms with Crippen molar-refractivity contribution >= 4 is 22.2 Å². The maximum Gasteiger partial charge on any atom is 0.179 e. The van der Waals surface area contributed by atoms with Crippen molar-refractivity contribution in [2.45, 2.75) is 12.8 Å². The van der Waals surface area contributed by atoms with E-state index in [4.69, 9.17) is 4.74 Å². The third-order valence-corrected chi connectivity index (χ3v) is 2.48. The number of carbonyl (C=O) groups excluding carboxylic acids is 1. The van der Waals surface area contributed by atoms with Crippen LogP contribution in [0.2, 0.25) is 0 Å². The minimum atomic E-state index is -0.420. The number of methoxy groups -OCH3 is 1. The quantitative estimate of drug-likeness (QED) is 0.779. The summed E-state index contributed by atoms with van der Waals surface area (Å²) in [6.45, 7) is 0. The van der Waals surface area contributed by atoms with Gasteiger partial charge in [-0.15, -0.1) is 0 Å². The molecule has 1 aromatic carbocycles. The highest BCUT2D eigenvalue weighted by Gasteiger charge is 2.11. The molecule has 0 aromatic heterocycles. The van der Waals surface area contributed by atoms with Crippen LogP contribution in [-0.2, 0) is 11.2 Å². The van der Waals surface area contributed by atoms with Crippen LogP contribution >= 0.6 is 15.9 Å². The molecule has 0 saturated carbocycles. The van der Waals surface area contributed by atoms with Crippen LogP contribution in [0.5, 0.6) is 5.75 Å². The molecule has 0 unspecified atom stereocenters. The van der Waals surface area contributed by atoms with Gasteiger partial charge in [0.1, 0.15) is 6.29 Å².